The first-order valence-electron chi connectivity index (χ1n) is 7.62. The van der Waals surface area contributed by atoms with Crippen LogP contribution in [0.4, 0.5) is 0 Å². The van der Waals surface area contributed by atoms with Crippen molar-refractivity contribution in [1.82, 2.24) is 0 Å². The highest BCUT2D eigenvalue weighted by Gasteiger charge is 2.37. The average molecular weight is 315 g/mol. The van der Waals surface area contributed by atoms with Crippen molar-refractivity contribution in [2.24, 2.45) is 11.1 Å². The number of nitrogens with two attached hydrogens (primary N) is 1. The minimum absolute atomic E-state index is 0.188. The second-order valence-electron chi connectivity index (χ2n) is 6.24. The molecule has 3 nitrogen and oxygen atoms in total. The molecule has 1 fully saturated rings. The van der Waals surface area contributed by atoms with Gasteiger partial charge in [-0.3, -0.25) is 0 Å². The summed E-state index contributed by atoms with van der Waals surface area (Å²) in [6.45, 7) is 2.10. The molecule has 0 spiro atoms. The van der Waals surface area contributed by atoms with E-state index in [1.165, 1.54) is 29.5 Å². The van der Waals surface area contributed by atoms with Gasteiger partial charge in [-0.25, -0.2) is 13.6 Å². The van der Waals surface area contributed by atoms with Crippen LogP contribution in [0.2, 0.25) is 0 Å². The third-order valence-corrected chi connectivity index (χ3v) is 5.41. The van der Waals surface area contributed by atoms with Crippen molar-refractivity contribution in [3.63, 3.8) is 0 Å². The fraction of sp³-hybridized carbons (Fsp3) is 0.333. The van der Waals surface area contributed by atoms with E-state index in [1.807, 2.05) is 12.1 Å². The van der Waals surface area contributed by atoms with Crippen molar-refractivity contribution in [3.05, 3.63) is 65.2 Å². The van der Waals surface area contributed by atoms with Gasteiger partial charge in [-0.1, -0.05) is 42.0 Å². The van der Waals surface area contributed by atoms with Crippen molar-refractivity contribution in [3.8, 4) is 0 Å². The van der Waals surface area contributed by atoms with Crippen molar-refractivity contribution in [2.75, 3.05) is 0 Å². The van der Waals surface area contributed by atoms with E-state index in [0.717, 1.165) is 6.42 Å². The van der Waals surface area contributed by atoms with Crippen molar-refractivity contribution < 1.29 is 8.42 Å². The maximum Gasteiger partial charge on any atom is 0.238 e. The molecule has 1 aliphatic rings. The van der Waals surface area contributed by atoms with Gasteiger partial charge in [0, 0.05) is 0 Å². The summed E-state index contributed by atoms with van der Waals surface area (Å²) in [5.41, 5.74) is 3.91. The number of primary sulfonamides is 1. The van der Waals surface area contributed by atoms with E-state index in [0.29, 0.717) is 11.8 Å². The van der Waals surface area contributed by atoms with Gasteiger partial charge in [-0.2, -0.15) is 0 Å². The maximum atomic E-state index is 11.3. The van der Waals surface area contributed by atoms with E-state index in [4.69, 9.17) is 5.14 Å². The first-order valence-corrected chi connectivity index (χ1v) is 9.16. The lowest BCUT2D eigenvalue weighted by atomic mass is 10.0. The van der Waals surface area contributed by atoms with Crippen LogP contribution in [0.5, 0.6) is 0 Å². The third-order valence-electron chi connectivity index (χ3n) is 4.48. The molecule has 0 radical (unpaired) electrons. The van der Waals surface area contributed by atoms with Crippen LogP contribution in [0.3, 0.4) is 0 Å². The summed E-state index contributed by atoms with van der Waals surface area (Å²) < 4.78 is 22.5. The Morgan fingerprint density at radius 1 is 1.05 bits per heavy atom. The monoisotopic (exact) mass is 315 g/mol. The Kier molecular flexibility index (Phi) is 4.06. The molecule has 22 heavy (non-hydrogen) atoms. The van der Waals surface area contributed by atoms with Gasteiger partial charge in [0.15, 0.2) is 0 Å². The fourth-order valence-electron chi connectivity index (χ4n) is 2.99. The van der Waals surface area contributed by atoms with Gasteiger partial charge < -0.3 is 0 Å². The standard InChI is InChI=1S/C18H21NO2S/c1-13-2-4-14(5-3-13)6-7-16-12-18(16)15-8-10-17(11-9-15)22(19,20)21/h2-5,8-11,16,18H,6-7,12H2,1H3,(H2,19,20,21). The zero-order chi connectivity index (χ0) is 15.7. The zero-order valence-electron chi connectivity index (χ0n) is 12.7. The first-order chi connectivity index (χ1) is 10.4. The molecule has 2 unspecified atom stereocenters. The van der Waals surface area contributed by atoms with Crippen LogP contribution in [0, 0.1) is 12.8 Å². The Hall–Kier alpha value is -1.65. The van der Waals surface area contributed by atoms with E-state index in [2.05, 4.69) is 31.2 Å². The second kappa shape index (κ2) is 5.86. The SMILES string of the molecule is Cc1ccc(CCC2CC2c2ccc(S(N)(=O)=O)cc2)cc1. The molecule has 4 heteroatoms. The lowest BCUT2D eigenvalue weighted by Gasteiger charge is -2.04. The molecule has 2 N–H and O–H groups in total. The summed E-state index contributed by atoms with van der Waals surface area (Å²) in [7, 11) is -3.59. The molecule has 1 saturated carbocycles. The largest absolute Gasteiger partial charge is 0.238 e. The van der Waals surface area contributed by atoms with Gasteiger partial charge in [0.05, 0.1) is 4.90 Å². The Balaban J connectivity index is 1.57. The van der Waals surface area contributed by atoms with E-state index in [-0.39, 0.29) is 4.90 Å². The van der Waals surface area contributed by atoms with E-state index in [9.17, 15) is 8.42 Å². The highest BCUT2D eigenvalue weighted by Crippen LogP contribution is 2.50. The molecule has 0 aliphatic heterocycles. The Morgan fingerprint density at radius 3 is 2.27 bits per heavy atom. The van der Waals surface area contributed by atoms with Crippen molar-refractivity contribution >= 4 is 10.0 Å². The van der Waals surface area contributed by atoms with Crippen molar-refractivity contribution in [2.45, 2.75) is 37.0 Å². The smallest absolute Gasteiger partial charge is 0.225 e. The van der Waals surface area contributed by atoms with Crippen molar-refractivity contribution in [1.29, 1.82) is 0 Å². The van der Waals surface area contributed by atoms with Crippen LogP contribution in [-0.2, 0) is 16.4 Å². The highest BCUT2D eigenvalue weighted by atomic mass is 32.2. The molecule has 0 saturated heterocycles. The van der Waals surface area contributed by atoms with Crippen LogP contribution in [-0.4, -0.2) is 8.42 Å². The maximum absolute atomic E-state index is 11.3. The summed E-state index contributed by atoms with van der Waals surface area (Å²) >= 11 is 0. The number of rotatable bonds is 5. The van der Waals surface area contributed by atoms with E-state index < -0.39 is 10.0 Å². The average Bonchev–Trinajstić information content (AvgIpc) is 3.26. The second-order valence-corrected chi connectivity index (χ2v) is 7.80. The molecule has 0 heterocycles. The first kappa shape index (κ1) is 15.3. The number of hydrogen-bond acceptors (Lipinski definition) is 2. The molecule has 0 bridgehead atoms. The van der Waals surface area contributed by atoms with Gasteiger partial charge in [0.25, 0.3) is 0 Å². The van der Waals surface area contributed by atoms with Gasteiger partial charge >= 0.3 is 0 Å². The topological polar surface area (TPSA) is 60.2 Å². The highest BCUT2D eigenvalue weighted by molar-refractivity contribution is 7.89. The molecular weight excluding hydrogens is 294 g/mol. The summed E-state index contributed by atoms with van der Waals surface area (Å²) in [5, 5.41) is 5.12. The summed E-state index contributed by atoms with van der Waals surface area (Å²) in [4.78, 5) is 0.188. The van der Waals surface area contributed by atoms with Gasteiger partial charge in [-0.15, -0.1) is 0 Å². The van der Waals surface area contributed by atoms with Crippen LogP contribution >= 0.6 is 0 Å². The fourth-order valence-corrected chi connectivity index (χ4v) is 3.50. The van der Waals surface area contributed by atoms with E-state index in [1.54, 1.807) is 12.1 Å². The molecule has 1 aliphatic carbocycles. The van der Waals surface area contributed by atoms with Crippen LogP contribution in [0.1, 0.15) is 35.4 Å². The Labute approximate surface area is 132 Å². The Morgan fingerprint density at radius 2 is 1.68 bits per heavy atom. The van der Waals surface area contributed by atoms with Gasteiger partial charge in [0.2, 0.25) is 10.0 Å². The summed E-state index contributed by atoms with van der Waals surface area (Å²) in [6, 6.07) is 15.7. The molecule has 0 amide bonds. The number of hydrogen-bond donors (Lipinski definition) is 1. The molecule has 2 atom stereocenters. The van der Waals surface area contributed by atoms with Crippen LogP contribution in [0.25, 0.3) is 0 Å². The molecule has 3 rings (SSSR count). The molecule has 0 aromatic heterocycles. The Bertz CT molecular complexity index is 749. The van der Waals surface area contributed by atoms with E-state index >= 15 is 0 Å². The molecule has 2 aromatic carbocycles. The number of aryl methyl sites for hydroxylation is 2. The summed E-state index contributed by atoms with van der Waals surface area (Å²) in [5.74, 6) is 1.28. The molecule has 2 aromatic rings. The number of benzene rings is 2. The lowest BCUT2D eigenvalue weighted by Crippen LogP contribution is -2.11. The van der Waals surface area contributed by atoms with Gasteiger partial charge in [-0.05, 0) is 61.3 Å². The summed E-state index contributed by atoms with van der Waals surface area (Å²) in [6.07, 6.45) is 3.49. The van der Waals surface area contributed by atoms with Crippen LogP contribution in [0.15, 0.2) is 53.4 Å². The predicted octanol–water partition coefficient (Wildman–Crippen LogP) is 3.38. The molecular formula is C18H21NO2S. The quantitative estimate of drug-likeness (QED) is 0.919. The third kappa shape index (κ3) is 3.57. The zero-order valence-corrected chi connectivity index (χ0v) is 13.5. The van der Waals surface area contributed by atoms with Gasteiger partial charge in [0.1, 0.15) is 0 Å². The minimum atomic E-state index is -3.59. The lowest BCUT2D eigenvalue weighted by molar-refractivity contribution is 0.597. The normalized spacial score (nSPS) is 20.8. The van der Waals surface area contributed by atoms with Crippen LogP contribution < -0.4 is 5.14 Å². The number of sulfonamides is 1. The predicted molar refractivity (Wildman–Crippen MR) is 88.2 cm³/mol. The minimum Gasteiger partial charge on any atom is -0.225 e. The molecule has 116 valence electrons.